The molecule has 0 saturated carbocycles. The molecule has 7 nitrogen and oxygen atoms in total. The van der Waals surface area contributed by atoms with E-state index in [1.165, 1.54) is 0 Å². The molecule has 0 radical (unpaired) electrons. The zero-order valence-corrected chi connectivity index (χ0v) is 14.0. The molecule has 0 aliphatic carbocycles. The van der Waals surface area contributed by atoms with E-state index < -0.39 is 5.91 Å². The number of aryl methyl sites for hydroxylation is 1. The lowest BCUT2D eigenvalue weighted by Crippen LogP contribution is -2.36. The molecule has 2 rings (SSSR count). The lowest BCUT2D eigenvalue weighted by molar-refractivity contribution is 0.0999. The Balaban J connectivity index is 1.95. The Morgan fingerprint density at radius 2 is 2.04 bits per heavy atom. The van der Waals surface area contributed by atoms with Gasteiger partial charge in [0.05, 0.1) is 12.3 Å². The fraction of sp³-hybridized carbons (Fsp3) is 0.294. The van der Waals surface area contributed by atoms with E-state index in [-0.39, 0.29) is 12.1 Å². The van der Waals surface area contributed by atoms with Crippen molar-refractivity contribution in [1.82, 2.24) is 10.2 Å². The molecule has 0 aliphatic heterocycles. The van der Waals surface area contributed by atoms with Crippen molar-refractivity contribution in [1.29, 1.82) is 0 Å². The van der Waals surface area contributed by atoms with E-state index in [1.54, 1.807) is 31.4 Å². The first kappa shape index (κ1) is 17.6. The number of nitrogens with two attached hydrogens (primary N) is 1. The number of nitrogens with one attached hydrogen (secondary N) is 2. The Kier molecular flexibility index (Phi) is 5.59. The Hall–Kier alpha value is -2.80. The molecular weight excluding hydrogens is 308 g/mol. The van der Waals surface area contributed by atoms with Crippen molar-refractivity contribution in [3.63, 3.8) is 0 Å². The smallest absolute Gasteiger partial charge is 0.319 e. The van der Waals surface area contributed by atoms with Crippen molar-refractivity contribution < 1.29 is 14.0 Å². The number of furan rings is 1. The summed E-state index contributed by atoms with van der Waals surface area (Å²) in [6, 6.07) is 8.23. The van der Waals surface area contributed by atoms with Crippen LogP contribution in [0.3, 0.4) is 0 Å². The summed E-state index contributed by atoms with van der Waals surface area (Å²) in [6.07, 6.45) is 1.61. The van der Waals surface area contributed by atoms with Crippen LogP contribution in [-0.4, -0.2) is 37.5 Å². The largest absolute Gasteiger partial charge is 0.468 e. The van der Waals surface area contributed by atoms with Crippen molar-refractivity contribution >= 4 is 17.6 Å². The molecule has 24 heavy (non-hydrogen) atoms. The summed E-state index contributed by atoms with van der Waals surface area (Å²) in [4.78, 5) is 25.3. The number of hydrogen-bond donors (Lipinski definition) is 3. The summed E-state index contributed by atoms with van der Waals surface area (Å²) in [6.45, 7) is 2.16. The SMILES string of the molecule is Cc1cc(NC(=O)NCC(c2ccco2)N(C)C)ccc1C(N)=O. The maximum absolute atomic E-state index is 12.1. The molecule has 4 N–H and O–H groups in total. The van der Waals surface area contributed by atoms with Crippen molar-refractivity contribution in [3.8, 4) is 0 Å². The van der Waals surface area contributed by atoms with Gasteiger partial charge in [-0.1, -0.05) is 0 Å². The van der Waals surface area contributed by atoms with Crippen molar-refractivity contribution in [2.75, 3.05) is 26.0 Å². The summed E-state index contributed by atoms with van der Waals surface area (Å²) in [5.74, 6) is 0.290. The van der Waals surface area contributed by atoms with E-state index in [9.17, 15) is 9.59 Å². The third-order valence-electron chi connectivity index (χ3n) is 3.70. The van der Waals surface area contributed by atoms with Crippen LogP contribution in [0.1, 0.15) is 27.7 Å². The number of nitrogens with zero attached hydrogens (tertiary/aromatic N) is 1. The molecule has 1 heterocycles. The van der Waals surface area contributed by atoms with Gasteiger partial charge in [0.25, 0.3) is 0 Å². The number of carbonyl (C=O) groups is 2. The van der Waals surface area contributed by atoms with Gasteiger partial charge in [-0.15, -0.1) is 0 Å². The zero-order valence-electron chi connectivity index (χ0n) is 14.0. The average molecular weight is 330 g/mol. The molecule has 3 amide bonds. The van der Waals surface area contributed by atoms with Gasteiger partial charge in [-0.25, -0.2) is 4.79 Å². The van der Waals surface area contributed by atoms with Gasteiger partial charge < -0.3 is 20.8 Å². The van der Waals surface area contributed by atoms with E-state index in [1.807, 2.05) is 31.1 Å². The highest BCUT2D eigenvalue weighted by Crippen LogP contribution is 2.18. The maximum Gasteiger partial charge on any atom is 0.319 e. The molecule has 0 bridgehead atoms. The Morgan fingerprint density at radius 3 is 2.58 bits per heavy atom. The van der Waals surface area contributed by atoms with Crippen molar-refractivity contribution in [3.05, 3.63) is 53.5 Å². The fourth-order valence-corrected chi connectivity index (χ4v) is 2.40. The van der Waals surface area contributed by atoms with Gasteiger partial charge >= 0.3 is 6.03 Å². The monoisotopic (exact) mass is 330 g/mol. The number of benzene rings is 1. The lowest BCUT2D eigenvalue weighted by atomic mass is 10.1. The van der Waals surface area contributed by atoms with Gasteiger partial charge in [0, 0.05) is 17.8 Å². The summed E-state index contributed by atoms with van der Waals surface area (Å²) in [5, 5.41) is 5.55. The van der Waals surface area contributed by atoms with Gasteiger partial charge in [0.2, 0.25) is 5.91 Å². The number of amides is 3. The second kappa shape index (κ2) is 7.65. The van der Waals surface area contributed by atoms with Crippen LogP contribution >= 0.6 is 0 Å². The summed E-state index contributed by atoms with van der Waals surface area (Å²) in [7, 11) is 3.83. The summed E-state index contributed by atoms with van der Waals surface area (Å²) in [5.41, 5.74) is 7.01. The minimum atomic E-state index is -0.490. The van der Waals surface area contributed by atoms with Crippen LogP contribution in [0.5, 0.6) is 0 Å². The van der Waals surface area contributed by atoms with Crippen LogP contribution in [-0.2, 0) is 0 Å². The average Bonchev–Trinajstić information content (AvgIpc) is 3.00. The van der Waals surface area contributed by atoms with Crippen LogP contribution in [0.15, 0.2) is 41.0 Å². The predicted octanol–water partition coefficient (Wildman–Crippen LogP) is 2.11. The van der Waals surface area contributed by atoms with Crippen LogP contribution in [0.2, 0.25) is 0 Å². The highest BCUT2D eigenvalue weighted by Gasteiger charge is 2.18. The molecule has 0 saturated heterocycles. The first-order valence-corrected chi connectivity index (χ1v) is 7.53. The third kappa shape index (κ3) is 4.36. The van der Waals surface area contributed by atoms with Crippen LogP contribution in [0, 0.1) is 6.92 Å². The molecule has 0 aliphatic rings. The topological polar surface area (TPSA) is 101 Å². The lowest BCUT2D eigenvalue weighted by Gasteiger charge is -2.22. The van der Waals surface area contributed by atoms with Crippen molar-refractivity contribution in [2.45, 2.75) is 13.0 Å². The zero-order chi connectivity index (χ0) is 17.7. The molecule has 1 aromatic carbocycles. The highest BCUT2D eigenvalue weighted by atomic mass is 16.3. The van der Waals surface area contributed by atoms with E-state index in [0.29, 0.717) is 23.4 Å². The Bertz CT molecular complexity index is 711. The first-order chi connectivity index (χ1) is 11.4. The van der Waals surface area contributed by atoms with Gasteiger partial charge in [-0.05, 0) is 56.9 Å². The first-order valence-electron chi connectivity index (χ1n) is 7.53. The van der Waals surface area contributed by atoms with Gasteiger partial charge in [0.15, 0.2) is 0 Å². The summed E-state index contributed by atoms with van der Waals surface area (Å²) < 4.78 is 5.40. The second-order valence-corrected chi connectivity index (χ2v) is 5.72. The van der Waals surface area contributed by atoms with Crippen molar-refractivity contribution in [2.24, 2.45) is 5.73 Å². The fourth-order valence-electron chi connectivity index (χ4n) is 2.40. The van der Waals surface area contributed by atoms with E-state index >= 15 is 0 Å². The van der Waals surface area contributed by atoms with E-state index in [4.69, 9.17) is 10.2 Å². The van der Waals surface area contributed by atoms with E-state index in [0.717, 1.165) is 5.76 Å². The van der Waals surface area contributed by atoms with Crippen LogP contribution in [0.4, 0.5) is 10.5 Å². The minimum absolute atomic E-state index is 0.0651. The number of primary amides is 1. The van der Waals surface area contributed by atoms with Gasteiger partial charge in [0.1, 0.15) is 5.76 Å². The number of likely N-dealkylation sites (N-methyl/N-ethyl adjacent to an activating group) is 1. The standard InChI is InChI=1S/C17H22N4O3/c1-11-9-12(6-7-13(11)16(18)22)20-17(23)19-10-14(21(2)3)15-5-4-8-24-15/h4-9,14H,10H2,1-3H3,(H2,18,22)(H2,19,20,23). The minimum Gasteiger partial charge on any atom is -0.468 e. The molecular formula is C17H22N4O3. The highest BCUT2D eigenvalue weighted by molar-refractivity contribution is 5.95. The summed E-state index contributed by atoms with van der Waals surface area (Å²) >= 11 is 0. The molecule has 1 unspecified atom stereocenters. The molecule has 1 atom stereocenters. The van der Waals surface area contributed by atoms with E-state index in [2.05, 4.69) is 10.6 Å². The number of anilines is 1. The quantitative estimate of drug-likeness (QED) is 0.755. The molecule has 7 heteroatoms. The number of rotatable bonds is 6. The number of hydrogen-bond acceptors (Lipinski definition) is 4. The molecule has 1 aromatic heterocycles. The number of urea groups is 1. The molecule has 0 spiro atoms. The third-order valence-corrected chi connectivity index (χ3v) is 3.70. The number of carbonyl (C=O) groups excluding carboxylic acids is 2. The predicted molar refractivity (Wildman–Crippen MR) is 91.9 cm³/mol. The van der Waals surface area contributed by atoms with Crippen LogP contribution < -0.4 is 16.4 Å². The molecule has 0 fully saturated rings. The molecule has 2 aromatic rings. The second-order valence-electron chi connectivity index (χ2n) is 5.72. The van der Waals surface area contributed by atoms with Gasteiger partial charge in [-0.2, -0.15) is 0 Å². The van der Waals surface area contributed by atoms with Gasteiger partial charge in [-0.3, -0.25) is 9.69 Å². The van der Waals surface area contributed by atoms with Crippen LogP contribution in [0.25, 0.3) is 0 Å². The normalized spacial score (nSPS) is 12.0. The molecule has 128 valence electrons. The maximum atomic E-state index is 12.1. The Morgan fingerprint density at radius 1 is 1.29 bits per heavy atom. The Labute approximate surface area is 140 Å².